The summed E-state index contributed by atoms with van der Waals surface area (Å²) < 4.78 is 0. The summed E-state index contributed by atoms with van der Waals surface area (Å²) in [6.45, 7) is 2.28. The number of aryl methyl sites for hydroxylation is 2. The summed E-state index contributed by atoms with van der Waals surface area (Å²) in [5, 5.41) is 1.08. The number of alkyl halides is 1. The molecule has 0 spiro atoms. The van der Waals surface area contributed by atoms with Gasteiger partial charge in [0.1, 0.15) is 0 Å². The fraction of sp³-hybridized carbons (Fsp3) is 0.583. The van der Waals surface area contributed by atoms with Crippen LogP contribution in [0.1, 0.15) is 82.3 Å². The molecule has 0 saturated carbocycles. The summed E-state index contributed by atoms with van der Waals surface area (Å²) in [6.07, 6.45) is 19.5. The monoisotopic (exact) mass is 430 g/mol. The molecule has 0 amide bonds. The third kappa shape index (κ3) is 9.01. The fourth-order valence-electron chi connectivity index (χ4n) is 3.43. The van der Waals surface area contributed by atoms with Crippen molar-refractivity contribution < 1.29 is 0 Å². The maximum Gasteiger partial charge on any atom is 0.0888 e. The Kier molecular flexibility index (Phi) is 11.3. The maximum atomic E-state index is 4.56. The highest BCUT2D eigenvalue weighted by Gasteiger charge is 2.04. The van der Waals surface area contributed by atoms with Gasteiger partial charge in [0, 0.05) is 17.7 Å². The van der Waals surface area contributed by atoms with Crippen molar-refractivity contribution in [2.75, 3.05) is 5.33 Å². The summed E-state index contributed by atoms with van der Waals surface area (Å²) >= 11 is 3.50. The number of pyridine rings is 2. The van der Waals surface area contributed by atoms with E-state index < -0.39 is 0 Å². The molecule has 0 fully saturated rings. The summed E-state index contributed by atoms with van der Waals surface area (Å²) in [5.74, 6) is 0. The van der Waals surface area contributed by atoms with Gasteiger partial charge in [-0.3, -0.25) is 9.97 Å². The lowest BCUT2D eigenvalue weighted by Crippen LogP contribution is -1.94. The number of hydrogen-bond donors (Lipinski definition) is 0. The molecule has 2 rings (SSSR count). The normalized spacial score (nSPS) is 11.0. The zero-order valence-corrected chi connectivity index (χ0v) is 18.5. The number of hydrogen-bond acceptors (Lipinski definition) is 2. The highest BCUT2D eigenvalue weighted by molar-refractivity contribution is 9.09. The molecule has 0 unspecified atom stereocenters. The molecule has 0 aliphatic carbocycles. The molecular formula is C24H35BrN2. The summed E-state index contributed by atoms with van der Waals surface area (Å²) in [6, 6.07) is 8.72. The molecule has 0 bridgehead atoms. The van der Waals surface area contributed by atoms with Crippen molar-refractivity contribution in [3.05, 3.63) is 47.8 Å². The van der Waals surface area contributed by atoms with Gasteiger partial charge in [0.2, 0.25) is 0 Å². The van der Waals surface area contributed by atoms with Gasteiger partial charge < -0.3 is 0 Å². The van der Waals surface area contributed by atoms with E-state index >= 15 is 0 Å². The van der Waals surface area contributed by atoms with E-state index in [1.165, 1.54) is 75.3 Å². The second-order valence-electron chi connectivity index (χ2n) is 7.47. The van der Waals surface area contributed by atoms with E-state index in [2.05, 4.69) is 57.1 Å². The topological polar surface area (TPSA) is 25.8 Å². The predicted molar refractivity (Wildman–Crippen MR) is 121 cm³/mol. The zero-order chi connectivity index (χ0) is 19.2. The van der Waals surface area contributed by atoms with Crippen LogP contribution in [0.15, 0.2) is 36.7 Å². The van der Waals surface area contributed by atoms with E-state index in [1.54, 1.807) is 0 Å². The van der Waals surface area contributed by atoms with E-state index in [-0.39, 0.29) is 0 Å². The Morgan fingerprint density at radius 1 is 0.667 bits per heavy atom. The molecule has 27 heavy (non-hydrogen) atoms. The minimum atomic E-state index is 1.00. The van der Waals surface area contributed by atoms with Crippen molar-refractivity contribution in [3.63, 3.8) is 0 Å². The van der Waals surface area contributed by atoms with Crippen molar-refractivity contribution >= 4 is 15.9 Å². The van der Waals surface area contributed by atoms with E-state index in [0.29, 0.717) is 0 Å². The van der Waals surface area contributed by atoms with Crippen molar-refractivity contribution in [2.45, 2.75) is 84.0 Å². The third-order valence-corrected chi connectivity index (χ3v) is 5.64. The van der Waals surface area contributed by atoms with Crippen LogP contribution in [0.25, 0.3) is 11.4 Å². The van der Waals surface area contributed by atoms with Gasteiger partial charge in [0.25, 0.3) is 0 Å². The number of nitrogens with zero attached hydrogens (tertiary/aromatic N) is 2. The lowest BCUT2D eigenvalue weighted by Gasteiger charge is -2.07. The first kappa shape index (κ1) is 22.1. The summed E-state index contributed by atoms with van der Waals surface area (Å²) in [5.41, 5.74) is 4.76. The summed E-state index contributed by atoms with van der Waals surface area (Å²) in [7, 11) is 0. The summed E-state index contributed by atoms with van der Waals surface area (Å²) in [4.78, 5) is 9.12. The lowest BCUT2D eigenvalue weighted by molar-refractivity contribution is 0.575. The molecule has 3 heteroatoms. The molecule has 0 aliphatic rings. The SMILES string of the molecule is CCCCCCCCCCc1ccnc(-c2cc(CCCCBr)ccn2)c1. The molecule has 2 aromatic rings. The van der Waals surface area contributed by atoms with Gasteiger partial charge in [-0.1, -0.05) is 67.8 Å². The first-order valence-corrected chi connectivity index (χ1v) is 11.9. The van der Waals surface area contributed by atoms with Crippen LogP contribution in [-0.2, 0) is 12.8 Å². The molecule has 148 valence electrons. The third-order valence-electron chi connectivity index (χ3n) is 5.08. The Morgan fingerprint density at radius 2 is 1.15 bits per heavy atom. The number of rotatable bonds is 14. The smallest absolute Gasteiger partial charge is 0.0888 e. The average molecular weight is 431 g/mol. The fourth-order valence-corrected chi connectivity index (χ4v) is 3.82. The van der Waals surface area contributed by atoms with Gasteiger partial charge in [0.05, 0.1) is 11.4 Å². The Balaban J connectivity index is 1.80. The minimum Gasteiger partial charge on any atom is -0.255 e. The van der Waals surface area contributed by atoms with Gasteiger partial charge >= 0.3 is 0 Å². The molecule has 0 aliphatic heterocycles. The molecule has 2 nitrogen and oxygen atoms in total. The maximum absolute atomic E-state index is 4.56. The number of unbranched alkanes of at least 4 members (excludes halogenated alkanes) is 8. The highest BCUT2D eigenvalue weighted by atomic mass is 79.9. The lowest BCUT2D eigenvalue weighted by atomic mass is 10.0. The second kappa shape index (κ2) is 13.9. The Morgan fingerprint density at radius 3 is 1.67 bits per heavy atom. The van der Waals surface area contributed by atoms with Gasteiger partial charge in [-0.25, -0.2) is 0 Å². The van der Waals surface area contributed by atoms with E-state index in [9.17, 15) is 0 Å². The first-order chi connectivity index (χ1) is 13.3. The molecule has 0 N–H and O–H groups in total. The quantitative estimate of drug-likeness (QED) is 0.228. The largest absolute Gasteiger partial charge is 0.255 e. The number of aromatic nitrogens is 2. The van der Waals surface area contributed by atoms with Gasteiger partial charge in [0.15, 0.2) is 0 Å². The van der Waals surface area contributed by atoms with E-state index in [4.69, 9.17) is 0 Å². The van der Waals surface area contributed by atoms with Crippen molar-refractivity contribution in [3.8, 4) is 11.4 Å². The molecular weight excluding hydrogens is 396 g/mol. The molecule has 2 aromatic heterocycles. The Hall–Kier alpha value is -1.22. The molecule has 2 heterocycles. The zero-order valence-electron chi connectivity index (χ0n) is 16.9. The predicted octanol–water partition coefficient (Wildman–Crippen LogP) is 7.54. The number of halogens is 1. The highest BCUT2D eigenvalue weighted by Crippen LogP contribution is 2.19. The molecule has 0 aromatic carbocycles. The molecule has 0 saturated heterocycles. The van der Waals surface area contributed by atoms with Gasteiger partial charge in [-0.15, -0.1) is 0 Å². The van der Waals surface area contributed by atoms with E-state index in [0.717, 1.165) is 29.6 Å². The minimum absolute atomic E-state index is 1.00. The standard InChI is InChI=1S/C24H35BrN2/c1-2-3-4-5-6-7-8-9-12-21-14-17-26-23(19-21)24-20-22(15-18-27-24)13-10-11-16-25/h14-15,17-20H,2-13,16H2,1H3. The van der Waals surface area contributed by atoms with Crippen molar-refractivity contribution in [1.82, 2.24) is 9.97 Å². The van der Waals surface area contributed by atoms with Crippen LogP contribution in [0.4, 0.5) is 0 Å². The van der Waals surface area contributed by atoms with Crippen molar-refractivity contribution in [1.29, 1.82) is 0 Å². The van der Waals surface area contributed by atoms with Crippen LogP contribution in [-0.4, -0.2) is 15.3 Å². The van der Waals surface area contributed by atoms with Crippen LogP contribution in [0.5, 0.6) is 0 Å². The van der Waals surface area contributed by atoms with E-state index in [1.807, 2.05) is 12.4 Å². The van der Waals surface area contributed by atoms with Gasteiger partial charge in [-0.05, 0) is 67.5 Å². The molecule has 0 atom stereocenters. The Labute approximate surface area is 174 Å². The van der Waals surface area contributed by atoms with Crippen molar-refractivity contribution in [2.24, 2.45) is 0 Å². The van der Waals surface area contributed by atoms with Crippen LogP contribution < -0.4 is 0 Å². The average Bonchev–Trinajstić information content (AvgIpc) is 2.71. The Bertz CT molecular complexity index is 642. The van der Waals surface area contributed by atoms with Gasteiger partial charge in [-0.2, -0.15) is 0 Å². The van der Waals surface area contributed by atoms with Crippen LogP contribution >= 0.6 is 15.9 Å². The first-order valence-electron chi connectivity index (χ1n) is 10.8. The van der Waals surface area contributed by atoms with Crippen LogP contribution in [0.3, 0.4) is 0 Å². The van der Waals surface area contributed by atoms with Crippen LogP contribution in [0, 0.1) is 0 Å². The second-order valence-corrected chi connectivity index (χ2v) is 8.26. The van der Waals surface area contributed by atoms with Crippen LogP contribution in [0.2, 0.25) is 0 Å². The molecule has 0 radical (unpaired) electrons.